The van der Waals surface area contributed by atoms with Gasteiger partial charge in [0.1, 0.15) is 35.9 Å². The molecule has 25 heavy (non-hydrogen) atoms. The molecule has 5 nitrogen and oxygen atoms in total. The van der Waals surface area contributed by atoms with Gasteiger partial charge in [-0.05, 0) is 60.4 Å². The Bertz CT molecular complexity index is 722. The van der Waals surface area contributed by atoms with Gasteiger partial charge in [0, 0.05) is 0 Å². The third-order valence-corrected chi connectivity index (χ3v) is 4.87. The predicted molar refractivity (Wildman–Crippen MR) is 91.7 cm³/mol. The topological polar surface area (TPSA) is 74.8 Å². The molecule has 4 rings (SSSR count). The summed E-state index contributed by atoms with van der Waals surface area (Å²) in [6, 6.07) is 10.7. The summed E-state index contributed by atoms with van der Waals surface area (Å²) in [5.74, 6) is 0.512. The van der Waals surface area contributed by atoms with Crippen molar-refractivity contribution in [2.45, 2.75) is 38.3 Å². The second-order valence-corrected chi connectivity index (χ2v) is 6.81. The molecule has 132 valence electrons. The van der Waals surface area contributed by atoms with Crippen LogP contribution in [0.3, 0.4) is 0 Å². The minimum absolute atomic E-state index is 0.00340. The lowest BCUT2D eigenvalue weighted by Gasteiger charge is -2.04. The first-order valence-corrected chi connectivity index (χ1v) is 8.50. The van der Waals surface area contributed by atoms with Gasteiger partial charge >= 0.3 is 0 Å². The van der Waals surface area contributed by atoms with Crippen LogP contribution in [0, 0.1) is 13.8 Å². The maximum Gasteiger partial charge on any atom is 0.115 e. The van der Waals surface area contributed by atoms with Crippen molar-refractivity contribution in [2.75, 3.05) is 13.2 Å². The van der Waals surface area contributed by atoms with E-state index in [1.807, 2.05) is 26.0 Å². The monoisotopic (exact) mass is 342 g/mol. The molecule has 2 aromatic rings. The fourth-order valence-electron chi connectivity index (χ4n) is 3.26. The SMILES string of the molecule is Cc1ccc(O)cc1C1OC1COCC1OC1c1cc(O)ccc1C. The fraction of sp³-hybridized carbons (Fsp3) is 0.400. The van der Waals surface area contributed by atoms with Crippen LogP contribution in [0.4, 0.5) is 0 Å². The molecule has 0 aliphatic carbocycles. The quantitative estimate of drug-likeness (QED) is 0.788. The summed E-state index contributed by atoms with van der Waals surface area (Å²) in [5.41, 5.74) is 4.25. The third kappa shape index (κ3) is 3.49. The maximum atomic E-state index is 9.62. The lowest BCUT2D eigenvalue weighted by molar-refractivity contribution is 0.102. The van der Waals surface area contributed by atoms with Crippen molar-refractivity contribution < 1.29 is 24.4 Å². The lowest BCUT2D eigenvalue weighted by Crippen LogP contribution is -2.08. The van der Waals surface area contributed by atoms with Crippen LogP contribution in [0.15, 0.2) is 36.4 Å². The molecular weight excluding hydrogens is 320 g/mol. The van der Waals surface area contributed by atoms with E-state index in [-0.39, 0.29) is 35.9 Å². The van der Waals surface area contributed by atoms with E-state index < -0.39 is 0 Å². The minimum atomic E-state index is -0.00340. The number of phenols is 2. The highest BCUT2D eigenvalue weighted by Crippen LogP contribution is 2.43. The van der Waals surface area contributed by atoms with E-state index in [2.05, 4.69) is 0 Å². The number of phenolic OH excluding ortho intramolecular Hbond substituents is 2. The Morgan fingerprint density at radius 3 is 1.68 bits per heavy atom. The van der Waals surface area contributed by atoms with Gasteiger partial charge in [0.15, 0.2) is 0 Å². The Labute approximate surface area is 146 Å². The first-order valence-electron chi connectivity index (χ1n) is 8.50. The van der Waals surface area contributed by atoms with Gasteiger partial charge in [0.2, 0.25) is 0 Å². The Morgan fingerprint density at radius 1 is 0.800 bits per heavy atom. The van der Waals surface area contributed by atoms with Gasteiger partial charge in [0.25, 0.3) is 0 Å². The standard InChI is InChI=1S/C20H22O5/c1-11-3-5-13(21)7-15(11)19-17(24-19)9-23-10-18-20(25-18)16-8-14(22)6-4-12(16)2/h3-8,17-22H,9-10H2,1-2H3. The van der Waals surface area contributed by atoms with Crippen LogP contribution >= 0.6 is 0 Å². The van der Waals surface area contributed by atoms with Crippen molar-refractivity contribution in [1.82, 2.24) is 0 Å². The van der Waals surface area contributed by atoms with Crippen molar-refractivity contribution >= 4 is 0 Å². The summed E-state index contributed by atoms with van der Waals surface area (Å²) < 4.78 is 17.1. The van der Waals surface area contributed by atoms with Crippen molar-refractivity contribution in [2.24, 2.45) is 0 Å². The van der Waals surface area contributed by atoms with Crippen molar-refractivity contribution in [3.8, 4) is 11.5 Å². The second kappa shape index (κ2) is 6.33. The molecule has 4 atom stereocenters. The number of hydrogen-bond donors (Lipinski definition) is 2. The zero-order valence-electron chi connectivity index (χ0n) is 14.3. The Kier molecular flexibility index (Phi) is 4.15. The summed E-state index contributed by atoms with van der Waals surface area (Å²) >= 11 is 0. The largest absolute Gasteiger partial charge is 0.508 e. The Hall–Kier alpha value is -2.08. The van der Waals surface area contributed by atoms with Crippen molar-refractivity contribution in [1.29, 1.82) is 0 Å². The number of ether oxygens (including phenoxy) is 3. The number of rotatable bonds is 6. The highest BCUT2D eigenvalue weighted by molar-refractivity contribution is 5.38. The molecule has 0 aromatic heterocycles. The van der Waals surface area contributed by atoms with Gasteiger partial charge in [-0.15, -0.1) is 0 Å². The van der Waals surface area contributed by atoms with Gasteiger partial charge < -0.3 is 24.4 Å². The van der Waals surface area contributed by atoms with Crippen molar-refractivity contribution in [3.05, 3.63) is 58.7 Å². The smallest absolute Gasteiger partial charge is 0.115 e. The van der Waals surface area contributed by atoms with Crippen LogP contribution in [0.25, 0.3) is 0 Å². The summed E-state index contributed by atoms with van der Waals surface area (Å²) in [7, 11) is 0. The van der Waals surface area contributed by atoms with Gasteiger partial charge in [-0.2, -0.15) is 0 Å². The molecule has 4 unspecified atom stereocenters. The van der Waals surface area contributed by atoms with Gasteiger partial charge in [0.05, 0.1) is 13.2 Å². The lowest BCUT2D eigenvalue weighted by atomic mass is 10.0. The minimum Gasteiger partial charge on any atom is -0.508 e. The van der Waals surface area contributed by atoms with E-state index in [0.717, 1.165) is 22.3 Å². The normalized spacial score (nSPS) is 27.3. The van der Waals surface area contributed by atoms with Gasteiger partial charge in [-0.3, -0.25) is 0 Å². The molecule has 2 aliphatic heterocycles. The number of benzene rings is 2. The average molecular weight is 342 g/mol. The molecule has 2 aromatic carbocycles. The molecule has 2 N–H and O–H groups in total. The van der Waals surface area contributed by atoms with Crippen LogP contribution in [-0.2, 0) is 14.2 Å². The maximum absolute atomic E-state index is 9.62. The van der Waals surface area contributed by atoms with E-state index in [1.54, 1.807) is 24.3 Å². The molecular formula is C20H22O5. The molecule has 0 bridgehead atoms. The highest BCUT2D eigenvalue weighted by Gasteiger charge is 2.44. The highest BCUT2D eigenvalue weighted by atomic mass is 16.6. The first-order chi connectivity index (χ1) is 12.0. The third-order valence-electron chi connectivity index (χ3n) is 4.87. The Morgan fingerprint density at radius 2 is 1.24 bits per heavy atom. The summed E-state index contributed by atoms with van der Waals surface area (Å²) in [5, 5.41) is 19.2. The predicted octanol–water partition coefficient (Wildman–Crippen LogP) is 3.31. The second-order valence-electron chi connectivity index (χ2n) is 6.81. The van der Waals surface area contributed by atoms with Crippen LogP contribution in [-0.4, -0.2) is 35.6 Å². The van der Waals surface area contributed by atoms with Crippen LogP contribution in [0.5, 0.6) is 11.5 Å². The van der Waals surface area contributed by atoms with E-state index in [9.17, 15) is 10.2 Å². The molecule has 2 saturated heterocycles. The average Bonchev–Trinajstić information content (AvgIpc) is 3.49. The molecule has 0 saturated carbocycles. The number of aromatic hydroxyl groups is 2. The zero-order valence-corrected chi connectivity index (χ0v) is 14.3. The molecule has 0 amide bonds. The number of aryl methyl sites for hydroxylation is 2. The van der Waals surface area contributed by atoms with Gasteiger partial charge in [-0.25, -0.2) is 0 Å². The summed E-state index contributed by atoms with van der Waals surface area (Å²) in [4.78, 5) is 0. The van der Waals surface area contributed by atoms with Crippen molar-refractivity contribution in [3.63, 3.8) is 0 Å². The molecule has 0 spiro atoms. The molecule has 5 heteroatoms. The van der Waals surface area contributed by atoms with E-state index in [4.69, 9.17) is 14.2 Å². The van der Waals surface area contributed by atoms with E-state index >= 15 is 0 Å². The van der Waals surface area contributed by atoms with E-state index in [1.165, 1.54) is 0 Å². The number of epoxide rings is 2. The molecule has 2 heterocycles. The van der Waals surface area contributed by atoms with Crippen LogP contribution < -0.4 is 0 Å². The number of hydrogen-bond acceptors (Lipinski definition) is 5. The zero-order chi connectivity index (χ0) is 17.6. The fourth-order valence-corrected chi connectivity index (χ4v) is 3.26. The Balaban J connectivity index is 1.25. The van der Waals surface area contributed by atoms with E-state index in [0.29, 0.717) is 13.2 Å². The van der Waals surface area contributed by atoms with Crippen LogP contribution in [0.1, 0.15) is 34.5 Å². The molecule has 2 aliphatic rings. The van der Waals surface area contributed by atoms with Crippen LogP contribution in [0.2, 0.25) is 0 Å². The molecule has 2 fully saturated rings. The van der Waals surface area contributed by atoms with Gasteiger partial charge in [-0.1, -0.05) is 12.1 Å². The summed E-state index contributed by atoms with van der Waals surface area (Å²) in [6.45, 7) is 5.03. The summed E-state index contributed by atoms with van der Waals surface area (Å²) in [6.07, 6.45) is 0.0491. The molecule has 0 radical (unpaired) electrons. The first kappa shape index (κ1) is 16.4.